The lowest BCUT2D eigenvalue weighted by molar-refractivity contribution is -0.166. The monoisotopic (exact) mass is 226 g/mol. The van der Waals surface area contributed by atoms with E-state index in [-0.39, 0.29) is 24.1 Å². The zero-order valence-corrected chi connectivity index (χ0v) is 9.77. The van der Waals surface area contributed by atoms with Crippen LogP contribution in [0.5, 0.6) is 0 Å². The summed E-state index contributed by atoms with van der Waals surface area (Å²) in [5.41, 5.74) is 0. The first-order valence-corrected chi connectivity index (χ1v) is 5.59. The van der Waals surface area contributed by atoms with Crippen LogP contribution in [0.4, 0.5) is 0 Å². The van der Waals surface area contributed by atoms with Crippen LogP contribution in [-0.2, 0) is 19.1 Å². The Morgan fingerprint density at radius 2 is 1.31 bits per heavy atom. The fourth-order valence-corrected chi connectivity index (χ4v) is 1.82. The first-order valence-electron chi connectivity index (χ1n) is 5.59. The van der Waals surface area contributed by atoms with Crippen LogP contribution in [0, 0.1) is 0 Å². The highest BCUT2D eigenvalue weighted by Crippen LogP contribution is 2.19. The Morgan fingerprint density at radius 3 is 1.62 bits per heavy atom. The number of carbonyl (C=O) groups is 2. The molecule has 16 heavy (non-hydrogen) atoms. The summed E-state index contributed by atoms with van der Waals surface area (Å²) in [7, 11) is 0. The van der Waals surface area contributed by atoms with Gasteiger partial charge in [-0.05, 0) is 25.7 Å². The SMILES string of the molecule is CC(=O)OC1CCC=CCCC1OC(C)=O. The lowest BCUT2D eigenvalue weighted by atomic mass is 10.00. The molecule has 0 heterocycles. The molecular formula is C12H18O4. The molecule has 0 amide bonds. The highest BCUT2D eigenvalue weighted by Gasteiger charge is 2.26. The Labute approximate surface area is 95.6 Å². The molecule has 1 rings (SSSR count). The van der Waals surface area contributed by atoms with Crippen molar-refractivity contribution < 1.29 is 19.1 Å². The third kappa shape index (κ3) is 4.47. The quantitative estimate of drug-likeness (QED) is 0.533. The minimum absolute atomic E-state index is 0.314. The second-order valence-electron chi connectivity index (χ2n) is 3.92. The van der Waals surface area contributed by atoms with Gasteiger partial charge in [0.05, 0.1) is 0 Å². The van der Waals surface area contributed by atoms with Gasteiger partial charge < -0.3 is 9.47 Å². The second kappa shape index (κ2) is 6.30. The van der Waals surface area contributed by atoms with Gasteiger partial charge in [0, 0.05) is 13.8 Å². The Bertz CT molecular complexity index is 255. The number of allylic oxidation sites excluding steroid dienone is 2. The third-order valence-corrected chi connectivity index (χ3v) is 2.45. The van der Waals surface area contributed by atoms with Crippen molar-refractivity contribution in [3.63, 3.8) is 0 Å². The number of hydrogen-bond donors (Lipinski definition) is 0. The van der Waals surface area contributed by atoms with Gasteiger partial charge in [0.2, 0.25) is 0 Å². The van der Waals surface area contributed by atoms with E-state index in [0.717, 1.165) is 12.8 Å². The molecule has 0 saturated carbocycles. The van der Waals surface area contributed by atoms with Crippen molar-refractivity contribution in [2.75, 3.05) is 0 Å². The topological polar surface area (TPSA) is 52.6 Å². The lowest BCUT2D eigenvalue weighted by Gasteiger charge is -2.26. The molecule has 0 radical (unpaired) electrons. The average molecular weight is 226 g/mol. The number of esters is 2. The minimum Gasteiger partial charge on any atom is -0.459 e. The van der Waals surface area contributed by atoms with Gasteiger partial charge in [0.1, 0.15) is 12.2 Å². The summed E-state index contributed by atoms with van der Waals surface area (Å²) in [6.45, 7) is 2.75. The summed E-state index contributed by atoms with van der Waals surface area (Å²) in [4.78, 5) is 21.9. The molecule has 2 atom stereocenters. The molecular weight excluding hydrogens is 208 g/mol. The molecule has 4 heteroatoms. The van der Waals surface area contributed by atoms with E-state index in [2.05, 4.69) is 12.2 Å². The van der Waals surface area contributed by atoms with Crippen LogP contribution in [0.25, 0.3) is 0 Å². The fourth-order valence-electron chi connectivity index (χ4n) is 1.82. The predicted octanol–water partition coefficient (Wildman–Crippen LogP) is 1.98. The van der Waals surface area contributed by atoms with Crippen LogP contribution in [-0.4, -0.2) is 24.1 Å². The Kier molecular flexibility index (Phi) is 5.02. The first-order chi connectivity index (χ1) is 7.59. The fraction of sp³-hybridized carbons (Fsp3) is 0.667. The smallest absolute Gasteiger partial charge is 0.303 e. The van der Waals surface area contributed by atoms with Crippen LogP contribution in [0.2, 0.25) is 0 Å². The van der Waals surface area contributed by atoms with Crippen molar-refractivity contribution in [1.29, 1.82) is 0 Å². The Morgan fingerprint density at radius 1 is 0.938 bits per heavy atom. The maximum absolute atomic E-state index is 11.0. The van der Waals surface area contributed by atoms with E-state index >= 15 is 0 Å². The van der Waals surface area contributed by atoms with Gasteiger partial charge in [0.15, 0.2) is 0 Å². The van der Waals surface area contributed by atoms with Crippen molar-refractivity contribution in [3.8, 4) is 0 Å². The largest absolute Gasteiger partial charge is 0.459 e. The molecule has 0 bridgehead atoms. The molecule has 1 aliphatic carbocycles. The maximum atomic E-state index is 11.0. The average Bonchev–Trinajstić information content (AvgIpc) is 2.15. The van der Waals surface area contributed by atoms with E-state index < -0.39 is 0 Å². The van der Waals surface area contributed by atoms with Crippen molar-refractivity contribution in [3.05, 3.63) is 12.2 Å². The molecule has 2 unspecified atom stereocenters. The van der Waals surface area contributed by atoms with E-state index in [1.54, 1.807) is 0 Å². The number of hydrogen-bond acceptors (Lipinski definition) is 4. The second-order valence-corrected chi connectivity index (χ2v) is 3.92. The van der Waals surface area contributed by atoms with E-state index in [4.69, 9.17) is 9.47 Å². The van der Waals surface area contributed by atoms with Gasteiger partial charge in [0.25, 0.3) is 0 Å². The predicted molar refractivity (Wildman–Crippen MR) is 58.7 cm³/mol. The summed E-state index contributed by atoms with van der Waals surface area (Å²) in [6.07, 6.45) is 6.60. The van der Waals surface area contributed by atoms with Gasteiger partial charge in [-0.2, -0.15) is 0 Å². The summed E-state index contributed by atoms with van der Waals surface area (Å²) in [5, 5.41) is 0. The molecule has 0 spiro atoms. The summed E-state index contributed by atoms with van der Waals surface area (Å²) >= 11 is 0. The molecule has 0 aromatic heterocycles. The van der Waals surface area contributed by atoms with Crippen LogP contribution in [0.15, 0.2) is 12.2 Å². The number of rotatable bonds is 2. The Hall–Kier alpha value is -1.32. The Balaban J connectivity index is 2.65. The zero-order chi connectivity index (χ0) is 12.0. The van der Waals surface area contributed by atoms with Crippen LogP contribution in [0.1, 0.15) is 39.5 Å². The normalized spacial score (nSPS) is 25.4. The van der Waals surface area contributed by atoms with Gasteiger partial charge in [-0.15, -0.1) is 0 Å². The van der Waals surface area contributed by atoms with Gasteiger partial charge in [-0.1, -0.05) is 12.2 Å². The van der Waals surface area contributed by atoms with E-state index in [1.165, 1.54) is 13.8 Å². The summed E-state index contributed by atoms with van der Waals surface area (Å²) in [5.74, 6) is -0.654. The van der Waals surface area contributed by atoms with Crippen molar-refractivity contribution in [1.82, 2.24) is 0 Å². The molecule has 0 N–H and O–H groups in total. The highest BCUT2D eigenvalue weighted by molar-refractivity contribution is 5.67. The van der Waals surface area contributed by atoms with Gasteiger partial charge >= 0.3 is 11.9 Å². The maximum Gasteiger partial charge on any atom is 0.303 e. The van der Waals surface area contributed by atoms with E-state index in [9.17, 15) is 9.59 Å². The first kappa shape index (κ1) is 12.7. The van der Waals surface area contributed by atoms with Crippen molar-refractivity contribution in [2.24, 2.45) is 0 Å². The minimum atomic E-state index is -0.327. The summed E-state index contributed by atoms with van der Waals surface area (Å²) in [6, 6.07) is 0. The highest BCUT2D eigenvalue weighted by atomic mass is 16.6. The van der Waals surface area contributed by atoms with Gasteiger partial charge in [-0.25, -0.2) is 0 Å². The van der Waals surface area contributed by atoms with E-state index in [1.807, 2.05) is 0 Å². The molecule has 0 aliphatic heterocycles. The standard InChI is InChI=1S/C12H18O4/c1-9(13)15-11-7-5-3-4-6-8-12(11)16-10(2)14/h3-4,11-12H,5-8H2,1-2H3. The van der Waals surface area contributed by atoms with Crippen molar-refractivity contribution in [2.45, 2.75) is 51.7 Å². The molecule has 0 saturated heterocycles. The van der Waals surface area contributed by atoms with E-state index in [0.29, 0.717) is 12.8 Å². The molecule has 1 aliphatic rings. The molecule has 0 aromatic carbocycles. The summed E-state index contributed by atoms with van der Waals surface area (Å²) < 4.78 is 10.4. The van der Waals surface area contributed by atoms with Crippen LogP contribution >= 0.6 is 0 Å². The van der Waals surface area contributed by atoms with Crippen LogP contribution < -0.4 is 0 Å². The van der Waals surface area contributed by atoms with Crippen LogP contribution in [0.3, 0.4) is 0 Å². The van der Waals surface area contributed by atoms with Crippen molar-refractivity contribution >= 4 is 11.9 Å². The molecule has 0 fully saturated rings. The zero-order valence-electron chi connectivity index (χ0n) is 9.77. The molecule has 0 aromatic rings. The number of ether oxygens (including phenoxy) is 2. The third-order valence-electron chi connectivity index (χ3n) is 2.45. The lowest BCUT2D eigenvalue weighted by Crippen LogP contribution is -2.34. The molecule has 4 nitrogen and oxygen atoms in total. The van der Waals surface area contributed by atoms with Gasteiger partial charge in [-0.3, -0.25) is 9.59 Å². The number of carbonyl (C=O) groups excluding carboxylic acids is 2. The molecule has 90 valence electrons.